The third kappa shape index (κ3) is 3.55. The molecule has 0 aliphatic heterocycles. The van der Waals surface area contributed by atoms with Crippen molar-refractivity contribution in [2.45, 2.75) is 6.92 Å². The molecule has 0 saturated heterocycles. The highest BCUT2D eigenvalue weighted by Gasteiger charge is 2.18. The zero-order chi connectivity index (χ0) is 25.9. The number of nitrogens with zero attached hydrogens (tertiary/aromatic N) is 3. The Morgan fingerprint density at radius 3 is 2.10 bits per heavy atom. The summed E-state index contributed by atoms with van der Waals surface area (Å²) < 4.78 is 8.57. The molecule has 0 N–H and O–H groups in total. The Hall–Kier alpha value is -4.87. The molecule has 3 aromatic heterocycles. The molecule has 0 amide bonds. The van der Waals surface area contributed by atoms with Crippen molar-refractivity contribution in [1.29, 1.82) is 0 Å². The summed E-state index contributed by atoms with van der Waals surface area (Å²) in [6, 6.07) is 37.3. The van der Waals surface area contributed by atoms with Crippen LogP contribution in [-0.4, -0.2) is 15.0 Å². The van der Waals surface area contributed by atoms with Crippen molar-refractivity contribution < 1.29 is 4.42 Å². The monoisotopic (exact) mass is 519 g/mol. The van der Waals surface area contributed by atoms with Gasteiger partial charge in [-0.25, -0.2) is 15.0 Å². The van der Waals surface area contributed by atoms with Gasteiger partial charge in [0.1, 0.15) is 11.2 Å². The Balaban J connectivity index is 1.41. The molecule has 4 nitrogen and oxygen atoms in total. The molecule has 0 atom stereocenters. The molecular formula is C34H21N3OS. The minimum atomic E-state index is 0.638. The molecule has 0 radical (unpaired) electrons. The fourth-order valence-corrected chi connectivity index (χ4v) is 6.64. The molecule has 3 heterocycles. The van der Waals surface area contributed by atoms with Crippen molar-refractivity contribution in [2.24, 2.45) is 0 Å². The van der Waals surface area contributed by atoms with Gasteiger partial charge in [-0.15, -0.1) is 11.3 Å². The van der Waals surface area contributed by atoms with Gasteiger partial charge in [0.25, 0.3) is 0 Å². The van der Waals surface area contributed by atoms with Gasteiger partial charge >= 0.3 is 0 Å². The van der Waals surface area contributed by atoms with Gasteiger partial charge in [-0.3, -0.25) is 0 Å². The third-order valence-corrected chi connectivity index (χ3v) is 8.39. The topological polar surface area (TPSA) is 51.8 Å². The van der Waals surface area contributed by atoms with Crippen molar-refractivity contribution in [1.82, 2.24) is 15.0 Å². The first kappa shape index (κ1) is 22.1. The maximum atomic E-state index is 6.07. The molecule has 0 saturated carbocycles. The summed E-state index contributed by atoms with van der Waals surface area (Å²) in [5.74, 6) is 1.96. The summed E-state index contributed by atoms with van der Waals surface area (Å²) in [6.07, 6.45) is 0. The van der Waals surface area contributed by atoms with Crippen LogP contribution in [0.2, 0.25) is 0 Å². The van der Waals surface area contributed by atoms with Crippen molar-refractivity contribution in [3.8, 4) is 34.2 Å². The van der Waals surface area contributed by atoms with Crippen LogP contribution < -0.4 is 0 Å². The zero-order valence-corrected chi connectivity index (χ0v) is 21.9. The summed E-state index contributed by atoms with van der Waals surface area (Å²) in [4.78, 5) is 15.1. The van der Waals surface area contributed by atoms with Gasteiger partial charge in [-0.1, -0.05) is 72.8 Å². The number of hydrogen-bond acceptors (Lipinski definition) is 5. The Bertz CT molecular complexity index is 2190. The minimum Gasteiger partial charge on any atom is -0.456 e. The van der Waals surface area contributed by atoms with E-state index in [2.05, 4.69) is 55.5 Å². The van der Waals surface area contributed by atoms with Crippen LogP contribution in [0.25, 0.3) is 76.3 Å². The molecule has 0 aliphatic rings. The predicted molar refractivity (Wildman–Crippen MR) is 161 cm³/mol. The smallest absolute Gasteiger partial charge is 0.164 e. The number of furan rings is 1. The normalized spacial score (nSPS) is 11.7. The Kier molecular flexibility index (Phi) is 4.87. The van der Waals surface area contributed by atoms with E-state index in [4.69, 9.17) is 19.4 Å². The van der Waals surface area contributed by atoms with E-state index in [1.165, 1.54) is 25.7 Å². The van der Waals surface area contributed by atoms with E-state index in [-0.39, 0.29) is 0 Å². The summed E-state index contributed by atoms with van der Waals surface area (Å²) in [7, 11) is 0. The quantitative estimate of drug-likeness (QED) is 0.233. The number of fused-ring (bicyclic) bond motifs is 6. The minimum absolute atomic E-state index is 0.638. The van der Waals surface area contributed by atoms with E-state index >= 15 is 0 Å². The van der Waals surface area contributed by atoms with Crippen LogP contribution >= 0.6 is 11.3 Å². The summed E-state index contributed by atoms with van der Waals surface area (Å²) in [6.45, 7) is 2.17. The van der Waals surface area contributed by atoms with Gasteiger partial charge in [0, 0.05) is 47.6 Å². The first-order valence-electron chi connectivity index (χ1n) is 12.9. The highest BCUT2D eigenvalue weighted by molar-refractivity contribution is 7.26. The fourth-order valence-electron chi connectivity index (χ4n) is 5.43. The number of rotatable bonds is 3. The standard InChI is InChI=1S/C34H21N3OS/c1-20-9-7-15-28-30(20)31-24(13-8-16-29(31)39-28)34-36-32(21-10-3-2-4-11-21)35-33(37-34)22-17-18-27-25(19-22)23-12-5-6-14-26(23)38-27/h2-19H,1H3. The van der Waals surface area contributed by atoms with Gasteiger partial charge in [0.15, 0.2) is 17.5 Å². The van der Waals surface area contributed by atoms with Crippen LogP contribution in [0.5, 0.6) is 0 Å². The Morgan fingerprint density at radius 1 is 0.538 bits per heavy atom. The summed E-state index contributed by atoms with van der Waals surface area (Å²) in [5.41, 5.74) is 5.87. The molecule has 184 valence electrons. The van der Waals surface area contributed by atoms with E-state index in [1.54, 1.807) is 0 Å². The van der Waals surface area contributed by atoms with Crippen molar-refractivity contribution in [2.75, 3.05) is 0 Å². The molecule has 0 aliphatic carbocycles. The van der Waals surface area contributed by atoms with Gasteiger partial charge < -0.3 is 4.42 Å². The Morgan fingerprint density at radius 2 is 1.23 bits per heavy atom. The van der Waals surface area contributed by atoms with Crippen molar-refractivity contribution >= 4 is 53.4 Å². The lowest BCUT2D eigenvalue weighted by Crippen LogP contribution is -2.00. The lowest BCUT2D eigenvalue weighted by Gasteiger charge is -2.10. The molecule has 8 rings (SSSR count). The highest BCUT2D eigenvalue weighted by atomic mass is 32.1. The lowest BCUT2D eigenvalue weighted by molar-refractivity contribution is 0.669. The van der Waals surface area contributed by atoms with E-state index < -0.39 is 0 Å². The summed E-state index contributed by atoms with van der Waals surface area (Å²) in [5, 5.41) is 4.59. The number of hydrogen-bond donors (Lipinski definition) is 0. The van der Waals surface area contributed by atoms with Crippen LogP contribution in [0.15, 0.2) is 114 Å². The van der Waals surface area contributed by atoms with Crippen LogP contribution in [0.1, 0.15) is 5.56 Å². The van der Waals surface area contributed by atoms with E-state index in [0.29, 0.717) is 17.5 Å². The van der Waals surface area contributed by atoms with E-state index in [0.717, 1.165) is 38.6 Å². The average molecular weight is 520 g/mol. The second-order valence-corrected chi connectivity index (χ2v) is 10.8. The molecule has 0 bridgehead atoms. The second kappa shape index (κ2) is 8.58. The lowest BCUT2D eigenvalue weighted by atomic mass is 10.0. The molecule has 0 unspecified atom stereocenters. The van der Waals surface area contributed by atoms with E-state index in [1.807, 2.05) is 72.0 Å². The number of aryl methyl sites for hydroxylation is 1. The van der Waals surface area contributed by atoms with Crippen molar-refractivity contribution in [3.05, 3.63) is 115 Å². The number of benzene rings is 5. The summed E-state index contributed by atoms with van der Waals surface area (Å²) >= 11 is 1.81. The average Bonchev–Trinajstić information content (AvgIpc) is 3.56. The van der Waals surface area contributed by atoms with Crippen LogP contribution in [0.3, 0.4) is 0 Å². The third-order valence-electron chi connectivity index (χ3n) is 7.27. The van der Waals surface area contributed by atoms with Gasteiger partial charge in [-0.05, 0) is 48.9 Å². The fraction of sp³-hybridized carbons (Fsp3) is 0.0294. The van der Waals surface area contributed by atoms with Gasteiger partial charge in [-0.2, -0.15) is 0 Å². The van der Waals surface area contributed by atoms with Crippen LogP contribution in [0, 0.1) is 6.92 Å². The maximum absolute atomic E-state index is 6.07. The molecule has 0 fully saturated rings. The molecule has 5 heteroatoms. The number of para-hydroxylation sites is 1. The predicted octanol–water partition coefficient (Wildman–Crippen LogP) is 9.45. The molecule has 8 aromatic rings. The van der Waals surface area contributed by atoms with Gasteiger partial charge in [0.05, 0.1) is 0 Å². The number of aromatic nitrogens is 3. The first-order chi connectivity index (χ1) is 19.2. The molecule has 5 aromatic carbocycles. The van der Waals surface area contributed by atoms with Crippen LogP contribution in [0.4, 0.5) is 0 Å². The second-order valence-electron chi connectivity index (χ2n) is 9.71. The molecular weight excluding hydrogens is 498 g/mol. The molecule has 0 spiro atoms. The van der Waals surface area contributed by atoms with Gasteiger partial charge in [0.2, 0.25) is 0 Å². The van der Waals surface area contributed by atoms with E-state index in [9.17, 15) is 0 Å². The maximum Gasteiger partial charge on any atom is 0.164 e. The highest BCUT2D eigenvalue weighted by Crippen LogP contribution is 2.41. The zero-order valence-electron chi connectivity index (χ0n) is 21.1. The largest absolute Gasteiger partial charge is 0.456 e. The molecule has 39 heavy (non-hydrogen) atoms. The Labute approximate surface area is 228 Å². The number of thiophene rings is 1. The van der Waals surface area contributed by atoms with Crippen molar-refractivity contribution in [3.63, 3.8) is 0 Å². The first-order valence-corrected chi connectivity index (χ1v) is 13.7. The van der Waals surface area contributed by atoms with Crippen LogP contribution in [-0.2, 0) is 0 Å². The SMILES string of the molecule is Cc1cccc2sc3cccc(-c4nc(-c5ccccc5)nc(-c5ccc6oc7ccccc7c6c5)n4)c3c12.